The lowest BCUT2D eigenvalue weighted by Gasteiger charge is -2.39. The summed E-state index contributed by atoms with van der Waals surface area (Å²) >= 11 is 0. The van der Waals surface area contributed by atoms with Crippen LogP contribution in [0.2, 0.25) is 0 Å². The Balaban J connectivity index is 1.70. The van der Waals surface area contributed by atoms with Gasteiger partial charge < -0.3 is 4.98 Å². The number of benzene rings is 1. The second-order valence-electron chi connectivity index (χ2n) is 5.66. The average molecular weight is 270 g/mol. The number of rotatable bonds is 3. The van der Waals surface area contributed by atoms with E-state index < -0.39 is 0 Å². The third-order valence-electron chi connectivity index (χ3n) is 4.05. The minimum absolute atomic E-state index is 0.473. The summed E-state index contributed by atoms with van der Waals surface area (Å²) in [5, 5.41) is 0. The van der Waals surface area contributed by atoms with Crippen LogP contribution in [-0.2, 0) is 6.54 Å². The van der Waals surface area contributed by atoms with Crippen LogP contribution in [0.15, 0.2) is 36.5 Å². The minimum Gasteiger partial charge on any atom is -0.345 e. The normalized spacial score (nSPS) is 21.2. The van der Waals surface area contributed by atoms with Crippen molar-refractivity contribution in [2.24, 2.45) is 0 Å². The highest BCUT2D eigenvalue weighted by Crippen LogP contribution is 2.24. The van der Waals surface area contributed by atoms with Gasteiger partial charge in [0.25, 0.3) is 0 Å². The Kier molecular flexibility index (Phi) is 3.85. The van der Waals surface area contributed by atoms with Gasteiger partial charge in [-0.05, 0) is 19.5 Å². The molecule has 1 atom stereocenters. The first kappa shape index (κ1) is 13.3. The minimum atomic E-state index is 0.473. The summed E-state index contributed by atoms with van der Waals surface area (Å²) in [6, 6.07) is 11.2. The monoisotopic (exact) mass is 270 g/mol. The van der Waals surface area contributed by atoms with E-state index in [1.165, 1.54) is 5.56 Å². The molecule has 3 rings (SSSR count). The van der Waals surface area contributed by atoms with Crippen molar-refractivity contribution in [1.29, 1.82) is 0 Å². The van der Waals surface area contributed by atoms with Gasteiger partial charge in [-0.25, -0.2) is 4.98 Å². The fourth-order valence-corrected chi connectivity index (χ4v) is 2.87. The first-order chi connectivity index (χ1) is 9.72. The molecular formula is C16H22N4. The van der Waals surface area contributed by atoms with E-state index in [9.17, 15) is 0 Å². The Bertz CT molecular complexity index is 549. The lowest BCUT2D eigenvalue weighted by molar-refractivity contribution is 0.0888. The highest BCUT2D eigenvalue weighted by molar-refractivity contribution is 5.20. The van der Waals surface area contributed by atoms with Crippen LogP contribution in [-0.4, -0.2) is 46.4 Å². The van der Waals surface area contributed by atoms with E-state index in [1.807, 2.05) is 13.1 Å². The van der Waals surface area contributed by atoms with Gasteiger partial charge in [0, 0.05) is 37.6 Å². The largest absolute Gasteiger partial charge is 0.345 e. The van der Waals surface area contributed by atoms with Crippen molar-refractivity contribution in [1.82, 2.24) is 19.8 Å². The topological polar surface area (TPSA) is 35.2 Å². The number of aromatic amines is 1. The van der Waals surface area contributed by atoms with Crippen LogP contribution < -0.4 is 0 Å². The van der Waals surface area contributed by atoms with E-state index in [1.54, 1.807) is 0 Å². The molecular weight excluding hydrogens is 248 g/mol. The van der Waals surface area contributed by atoms with Crippen LogP contribution in [0.1, 0.15) is 23.1 Å². The molecule has 0 unspecified atom stereocenters. The van der Waals surface area contributed by atoms with Gasteiger partial charge in [-0.3, -0.25) is 9.80 Å². The fourth-order valence-electron chi connectivity index (χ4n) is 2.87. The van der Waals surface area contributed by atoms with Crippen molar-refractivity contribution in [3.05, 3.63) is 53.6 Å². The highest BCUT2D eigenvalue weighted by Gasteiger charge is 2.25. The molecule has 1 aliphatic rings. The van der Waals surface area contributed by atoms with E-state index in [0.717, 1.165) is 37.7 Å². The number of piperazine rings is 1. The third kappa shape index (κ3) is 2.92. The molecule has 1 N–H and O–H groups in total. The van der Waals surface area contributed by atoms with Crippen LogP contribution in [0.3, 0.4) is 0 Å². The maximum absolute atomic E-state index is 4.42. The van der Waals surface area contributed by atoms with Crippen LogP contribution in [0.25, 0.3) is 0 Å². The molecule has 2 aromatic rings. The summed E-state index contributed by atoms with van der Waals surface area (Å²) in [7, 11) is 2.21. The molecule has 0 radical (unpaired) electrons. The summed E-state index contributed by atoms with van der Waals surface area (Å²) < 4.78 is 0. The zero-order chi connectivity index (χ0) is 13.9. The second-order valence-corrected chi connectivity index (χ2v) is 5.66. The summed E-state index contributed by atoms with van der Waals surface area (Å²) in [5.41, 5.74) is 2.53. The highest BCUT2D eigenvalue weighted by atomic mass is 15.3. The fraction of sp³-hybridized carbons (Fsp3) is 0.438. The summed E-state index contributed by atoms with van der Waals surface area (Å²) in [6.45, 7) is 6.21. The molecule has 1 aromatic carbocycles. The van der Waals surface area contributed by atoms with Crippen LogP contribution >= 0.6 is 0 Å². The van der Waals surface area contributed by atoms with Gasteiger partial charge in [0.1, 0.15) is 5.82 Å². The van der Waals surface area contributed by atoms with Gasteiger partial charge in [0.2, 0.25) is 0 Å². The number of likely N-dealkylation sites (N-methyl/N-ethyl adjacent to an activating group) is 1. The zero-order valence-corrected chi connectivity index (χ0v) is 12.2. The number of H-pyrrole nitrogens is 1. The van der Waals surface area contributed by atoms with Crippen molar-refractivity contribution < 1.29 is 0 Å². The average Bonchev–Trinajstić information content (AvgIpc) is 2.87. The summed E-state index contributed by atoms with van der Waals surface area (Å²) in [5.74, 6) is 1.07. The number of aryl methyl sites for hydroxylation is 1. The van der Waals surface area contributed by atoms with Crippen molar-refractivity contribution in [3.63, 3.8) is 0 Å². The molecule has 1 aromatic heterocycles. The lowest BCUT2D eigenvalue weighted by Crippen LogP contribution is -2.46. The van der Waals surface area contributed by atoms with Gasteiger partial charge >= 0.3 is 0 Å². The Labute approximate surface area is 120 Å². The molecule has 1 fully saturated rings. The number of nitrogens with zero attached hydrogens (tertiary/aromatic N) is 3. The number of hydrogen-bond donors (Lipinski definition) is 1. The Morgan fingerprint density at radius 2 is 2.05 bits per heavy atom. The second kappa shape index (κ2) is 5.77. The molecule has 4 heteroatoms. The first-order valence-corrected chi connectivity index (χ1v) is 7.20. The molecule has 1 aliphatic heterocycles. The van der Waals surface area contributed by atoms with Gasteiger partial charge in [0.15, 0.2) is 0 Å². The van der Waals surface area contributed by atoms with Gasteiger partial charge in [-0.1, -0.05) is 30.3 Å². The van der Waals surface area contributed by atoms with Crippen molar-refractivity contribution in [2.75, 3.05) is 26.7 Å². The van der Waals surface area contributed by atoms with Crippen LogP contribution in [0.5, 0.6) is 0 Å². The molecule has 2 heterocycles. The molecule has 4 nitrogen and oxygen atoms in total. The zero-order valence-electron chi connectivity index (χ0n) is 12.2. The van der Waals surface area contributed by atoms with Crippen molar-refractivity contribution in [2.45, 2.75) is 19.5 Å². The number of aromatic nitrogens is 2. The van der Waals surface area contributed by atoms with E-state index in [2.05, 4.69) is 57.1 Å². The molecule has 0 spiro atoms. The van der Waals surface area contributed by atoms with E-state index >= 15 is 0 Å². The van der Waals surface area contributed by atoms with Gasteiger partial charge in [0.05, 0.1) is 6.54 Å². The van der Waals surface area contributed by atoms with E-state index in [4.69, 9.17) is 0 Å². The SMILES string of the molecule is Cc1cnc(CN2CCN(C)[C@H](c3ccccc3)C2)[nH]1. The quantitative estimate of drug-likeness (QED) is 0.928. The predicted molar refractivity (Wildman–Crippen MR) is 80.4 cm³/mol. The maximum Gasteiger partial charge on any atom is 0.120 e. The summed E-state index contributed by atoms with van der Waals surface area (Å²) in [6.07, 6.45) is 1.90. The van der Waals surface area contributed by atoms with Crippen molar-refractivity contribution >= 4 is 0 Å². The van der Waals surface area contributed by atoms with Gasteiger partial charge in [-0.2, -0.15) is 0 Å². The Morgan fingerprint density at radius 1 is 1.25 bits per heavy atom. The molecule has 0 bridgehead atoms. The predicted octanol–water partition coefficient (Wildman–Crippen LogP) is 2.21. The molecule has 20 heavy (non-hydrogen) atoms. The summed E-state index contributed by atoms with van der Waals surface area (Å²) in [4.78, 5) is 12.7. The molecule has 0 saturated carbocycles. The standard InChI is InChI=1S/C16H22N4/c1-13-10-17-16(18-13)12-20-9-8-19(2)15(11-20)14-6-4-3-5-7-14/h3-7,10,15H,8-9,11-12H2,1-2H3,(H,17,18)/t15-/m0/s1. The molecule has 106 valence electrons. The van der Waals surface area contributed by atoms with E-state index in [-0.39, 0.29) is 0 Å². The Morgan fingerprint density at radius 3 is 2.75 bits per heavy atom. The van der Waals surface area contributed by atoms with Crippen LogP contribution in [0.4, 0.5) is 0 Å². The smallest absolute Gasteiger partial charge is 0.120 e. The lowest BCUT2D eigenvalue weighted by atomic mass is 10.0. The first-order valence-electron chi connectivity index (χ1n) is 7.20. The number of nitrogens with one attached hydrogen (secondary N) is 1. The maximum atomic E-state index is 4.42. The molecule has 1 saturated heterocycles. The van der Waals surface area contributed by atoms with Gasteiger partial charge in [-0.15, -0.1) is 0 Å². The molecule has 0 amide bonds. The Hall–Kier alpha value is -1.65. The molecule has 0 aliphatic carbocycles. The number of imidazole rings is 1. The third-order valence-corrected chi connectivity index (χ3v) is 4.05. The van der Waals surface area contributed by atoms with Crippen molar-refractivity contribution in [3.8, 4) is 0 Å². The van der Waals surface area contributed by atoms with Crippen LogP contribution in [0, 0.1) is 6.92 Å². The number of hydrogen-bond acceptors (Lipinski definition) is 3. The van der Waals surface area contributed by atoms with E-state index in [0.29, 0.717) is 6.04 Å².